The first-order valence-electron chi connectivity index (χ1n) is 3.42. The lowest BCUT2D eigenvalue weighted by atomic mass is 9.94. The number of ether oxygens (including phenoxy) is 1. The quantitative estimate of drug-likeness (QED) is 0.565. The van der Waals surface area contributed by atoms with Crippen molar-refractivity contribution in [3.8, 4) is 0 Å². The summed E-state index contributed by atoms with van der Waals surface area (Å²) in [6.07, 6.45) is 2.41. The van der Waals surface area contributed by atoms with Crippen molar-refractivity contribution in [2.45, 2.75) is 25.4 Å². The molecule has 0 amide bonds. The van der Waals surface area contributed by atoms with E-state index in [4.69, 9.17) is 15.6 Å². The largest absolute Gasteiger partial charge is 0.381 e. The van der Waals surface area contributed by atoms with E-state index in [0.717, 1.165) is 6.42 Å². The van der Waals surface area contributed by atoms with Crippen molar-refractivity contribution < 1.29 is 4.74 Å². The van der Waals surface area contributed by atoms with E-state index in [0.29, 0.717) is 24.3 Å². The minimum atomic E-state index is 0.182. The number of methoxy groups -OCH3 is 1. The van der Waals surface area contributed by atoms with Crippen molar-refractivity contribution in [3.63, 3.8) is 0 Å². The number of hydrogen-bond acceptors (Lipinski definition) is 3. The Bertz CT molecular complexity index is 165. The highest BCUT2D eigenvalue weighted by Crippen LogP contribution is 2.14. The van der Waals surface area contributed by atoms with Crippen LogP contribution in [0.2, 0.25) is 0 Å². The Morgan fingerprint density at radius 3 is 2.60 bits per heavy atom. The molecule has 0 aromatic heterocycles. The zero-order chi connectivity index (χ0) is 7.56. The van der Waals surface area contributed by atoms with Crippen LogP contribution in [0.3, 0.4) is 0 Å². The second-order valence-corrected chi connectivity index (χ2v) is 2.56. The Morgan fingerprint density at radius 1 is 1.40 bits per heavy atom. The van der Waals surface area contributed by atoms with Crippen molar-refractivity contribution in [2.75, 3.05) is 7.11 Å². The summed E-state index contributed by atoms with van der Waals surface area (Å²) < 4.78 is 5.07. The molecule has 1 fully saturated rings. The van der Waals surface area contributed by atoms with Gasteiger partial charge in [0.1, 0.15) is 0 Å². The molecule has 0 bridgehead atoms. The van der Waals surface area contributed by atoms with Gasteiger partial charge in [-0.2, -0.15) is 0 Å². The van der Waals surface area contributed by atoms with Gasteiger partial charge in [0, 0.05) is 13.5 Å². The van der Waals surface area contributed by atoms with Crippen LogP contribution in [-0.4, -0.2) is 24.6 Å². The summed E-state index contributed by atoms with van der Waals surface area (Å²) in [5, 5.41) is 14.6. The zero-order valence-electron chi connectivity index (χ0n) is 6.11. The number of nitrogens with one attached hydrogen (secondary N) is 2. The molecule has 0 spiro atoms. The molecule has 1 rings (SSSR count). The topological polar surface area (TPSA) is 56.9 Å². The van der Waals surface area contributed by atoms with Gasteiger partial charge in [-0.1, -0.05) is 0 Å². The van der Waals surface area contributed by atoms with Crippen molar-refractivity contribution >= 4 is 11.4 Å². The van der Waals surface area contributed by atoms with Crippen molar-refractivity contribution in [3.05, 3.63) is 0 Å². The van der Waals surface area contributed by atoms with E-state index < -0.39 is 0 Å². The minimum absolute atomic E-state index is 0.182. The maximum Gasteiger partial charge on any atom is 0.0630 e. The highest BCUT2D eigenvalue weighted by atomic mass is 16.5. The summed E-state index contributed by atoms with van der Waals surface area (Å²) in [7, 11) is 1.66. The first-order valence-corrected chi connectivity index (χ1v) is 3.42. The molecule has 3 nitrogen and oxygen atoms in total. The standard InChI is InChI=1S/C7H12N2O/c1-10-5-2-3-6(8)7(9)4-5/h5,8-9H,2-4H2,1H3. The van der Waals surface area contributed by atoms with Crippen molar-refractivity contribution in [2.24, 2.45) is 0 Å². The van der Waals surface area contributed by atoms with Crippen molar-refractivity contribution in [1.29, 1.82) is 10.8 Å². The highest BCUT2D eigenvalue weighted by Gasteiger charge is 2.19. The van der Waals surface area contributed by atoms with Gasteiger partial charge in [0.15, 0.2) is 0 Å². The van der Waals surface area contributed by atoms with Crippen molar-refractivity contribution in [1.82, 2.24) is 0 Å². The number of hydrogen-bond donors (Lipinski definition) is 2. The van der Waals surface area contributed by atoms with Crippen LogP contribution >= 0.6 is 0 Å². The Kier molecular flexibility index (Phi) is 2.17. The van der Waals surface area contributed by atoms with Gasteiger partial charge in [-0.15, -0.1) is 0 Å². The Morgan fingerprint density at radius 2 is 2.10 bits per heavy atom. The van der Waals surface area contributed by atoms with Gasteiger partial charge in [-0.3, -0.25) is 0 Å². The molecule has 0 saturated heterocycles. The van der Waals surface area contributed by atoms with Gasteiger partial charge in [0.25, 0.3) is 0 Å². The van der Waals surface area contributed by atoms with Crippen LogP contribution in [0.4, 0.5) is 0 Å². The summed E-state index contributed by atoms with van der Waals surface area (Å²) in [5.74, 6) is 0. The fourth-order valence-corrected chi connectivity index (χ4v) is 1.11. The van der Waals surface area contributed by atoms with Gasteiger partial charge in [-0.05, 0) is 12.8 Å². The molecular weight excluding hydrogens is 128 g/mol. The van der Waals surface area contributed by atoms with Gasteiger partial charge >= 0.3 is 0 Å². The first kappa shape index (κ1) is 7.41. The molecule has 0 aromatic carbocycles. The van der Waals surface area contributed by atoms with Gasteiger partial charge in [-0.25, -0.2) is 0 Å². The molecule has 1 saturated carbocycles. The Labute approximate surface area is 60.4 Å². The summed E-state index contributed by atoms with van der Waals surface area (Å²) in [6.45, 7) is 0. The van der Waals surface area contributed by atoms with Crippen LogP contribution in [0.25, 0.3) is 0 Å². The van der Waals surface area contributed by atoms with E-state index in [-0.39, 0.29) is 6.10 Å². The Hall–Kier alpha value is -0.700. The molecule has 1 unspecified atom stereocenters. The molecular formula is C7H12N2O. The van der Waals surface area contributed by atoms with Gasteiger partial charge < -0.3 is 15.6 Å². The molecule has 0 aliphatic heterocycles. The van der Waals surface area contributed by atoms with Crippen LogP contribution in [0.5, 0.6) is 0 Å². The average Bonchev–Trinajstić information content (AvgIpc) is 1.95. The Balaban J connectivity index is 2.48. The lowest BCUT2D eigenvalue weighted by Crippen LogP contribution is -2.28. The molecule has 1 atom stereocenters. The average molecular weight is 140 g/mol. The SMILES string of the molecule is COC1CCC(=N)C(=N)C1. The third-order valence-electron chi connectivity index (χ3n) is 1.85. The normalized spacial score (nSPS) is 27.1. The van der Waals surface area contributed by atoms with Gasteiger partial charge in [0.2, 0.25) is 0 Å². The van der Waals surface area contributed by atoms with Crippen LogP contribution < -0.4 is 0 Å². The molecule has 1 aliphatic carbocycles. The van der Waals surface area contributed by atoms with Gasteiger partial charge in [0.05, 0.1) is 17.5 Å². The third kappa shape index (κ3) is 1.42. The number of rotatable bonds is 1. The van der Waals surface area contributed by atoms with Crippen LogP contribution in [0.1, 0.15) is 19.3 Å². The predicted octanol–water partition coefficient (Wildman–Crippen LogP) is 1.22. The monoisotopic (exact) mass is 140 g/mol. The van der Waals surface area contributed by atoms with E-state index >= 15 is 0 Å². The second kappa shape index (κ2) is 2.92. The molecule has 0 radical (unpaired) electrons. The van der Waals surface area contributed by atoms with E-state index in [1.165, 1.54) is 0 Å². The molecule has 2 N–H and O–H groups in total. The van der Waals surface area contributed by atoms with E-state index in [1.807, 2.05) is 0 Å². The summed E-state index contributed by atoms with van der Waals surface area (Å²) in [6, 6.07) is 0. The maximum atomic E-state index is 7.32. The van der Waals surface area contributed by atoms with Crippen LogP contribution in [-0.2, 0) is 4.74 Å². The van der Waals surface area contributed by atoms with E-state index in [1.54, 1.807) is 7.11 Å². The van der Waals surface area contributed by atoms with E-state index in [9.17, 15) is 0 Å². The second-order valence-electron chi connectivity index (χ2n) is 2.56. The third-order valence-corrected chi connectivity index (χ3v) is 1.85. The zero-order valence-corrected chi connectivity index (χ0v) is 6.11. The van der Waals surface area contributed by atoms with Crippen LogP contribution in [0.15, 0.2) is 0 Å². The molecule has 10 heavy (non-hydrogen) atoms. The highest BCUT2D eigenvalue weighted by molar-refractivity contribution is 6.40. The lowest BCUT2D eigenvalue weighted by molar-refractivity contribution is 0.101. The van der Waals surface area contributed by atoms with Crippen LogP contribution in [0, 0.1) is 10.8 Å². The summed E-state index contributed by atoms with van der Waals surface area (Å²) >= 11 is 0. The molecule has 3 heteroatoms. The molecule has 56 valence electrons. The maximum absolute atomic E-state index is 7.32. The summed E-state index contributed by atoms with van der Waals surface area (Å²) in [5.41, 5.74) is 0.923. The molecule has 0 aromatic rings. The first-order chi connectivity index (χ1) is 4.74. The summed E-state index contributed by atoms with van der Waals surface area (Å²) in [4.78, 5) is 0. The lowest BCUT2D eigenvalue weighted by Gasteiger charge is -2.21. The van der Waals surface area contributed by atoms with E-state index in [2.05, 4.69) is 0 Å². The fraction of sp³-hybridized carbons (Fsp3) is 0.714. The molecule has 1 aliphatic rings. The predicted molar refractivity (Wildman–Crippen MR) is 40.1 cm³/mol. The minimum Gasteiger partial charge on any atom is -0.381 e. The smallest absolute Gasteiger partial charge is 0.0630 e. The fourth-order valence-electron chi connectivity index (χ4n) is 1.11. The molecule has 0 heterocycles.